The molecule has 2 rings (SSSR count). The molecule has 8 heteroatoms. The normalized spacial score (nSPS) is 18.1. The zero-order valence-electron chi connectivity index (χ0n) is 9.76. The number of nitrogens with one attached hydrogen (secondary N) is 1. The molecule has 0 saturated carbocycles. The standard InChI is InChI=1S/C10H11N3O5/c1-12-7-6(8(15)13(2)10(12)18)5(14)3-4(11-7)9(16)17/h4,11H,3H2,1-2H3,(H,16,17)/t4-/m0/s1. The minimum Gasteiger partial charge on any atom is -0.480 e. The summed E-state index contributed by atoms with van der Waals surface area (Å²) in [7, 11) is 2.63. The second-order valence-corrected chi connectivity index (χ2v) is 4.09. The van der Waals surface area contributed by atoms with Crippen molar-refractivity contribution in [3.63, 3.8) is 0 Å². The van der Waals surface area contributed by atoms with Crippen molar-refractivity contribution in [2.24, 2.45) is 14.1 Å². The second-order valence-electron chi connectivity index (χ2n) is 4.09. The predicted octanol–water partition coefficient (Wildman–Crippen LogP) is -1.46. The summed E-state index contributed by atoms with van der Waals surface area (Å²) in [5, 5.41) is 11.4. The van der Waals surface area contributed by atoms with Crippen LogP contribution in [0.1, 0.15) is 16.8 Å². The van der Waals surface area contributed by atoms with E-state index < -0.39 is 29.0 Å². The molecule has 2 N–H and O–H groups in total. The minimum atomic E-state index is -1.21. The van der Waals surface area contributed by atoms with E-state index in [0.717, 1.165) is 9.13 Å². The van der Waals surface area contributed by atoms with Crippen LogP contribution < -0.4 is 16.6 Å². The van der Waals surface area contributed by atoms with Crippen LogP contribution in [0.4, 0.5) is 5.82 Å². The van der Waals surface area contributed by atoms with Crippen molar-refractivity contribution in [3.8, 4) is 0 Å². The van der Waals surface area contributed by atoms with E-state index in [9.17, 15) is 19.2 Å². The maximum absolute atomic E-state index is 11.8. The van der Waals surface area contributed by atoms with Crippen LogP contribution in [-0.2, 0) is 18.9 Å². The molecule has 0 unspecified atom stereocenters. The fraction of sp³-hybridized carbons (Fsp3) is 0.400. The summed E-state index contributed by atoms with van der Waals surface area (Å²) in [6, 6.07) is -1.12. The van der Waals surface area contributed by atoms with Gasteiger partial charge in [-0.05, 0) is 0 Å². The number of hydrogen-bond acceptors (Lipinski definition) is 5. The molecule has 0 aromatic carbocycles. The van der Waals surface area contributed by atoms with Crippen molar-refractivity contribution in [2.45, 2.75) is 12.5 Å². The van der Waals surface area contributed by atoms with Crippen LogP contribution in [-0.4, -0.2) is 32.0 Å². The Balaban J connectivity index is 2.76. The van der Waals surface area contributed by atoms with E-state index in [1.807, 2.05) is 0 Å². The zero-order valence-corrected chi connectivity index (χ0v) is 9.76. The molecule has 0 aliphatic carbocycles. The molecule has 1 aliphatic rings. The summed E-state index contributed by atoms with van der Waals surface area (Å²) in [6.45, 7) is 0. The molecule has 0 saturated heterocycles. The van der Waals surface area contributed by atoms with Crippen LogP contribution >= 0.6 is 0 Å². The summed E-state index contributed by atoms with van der Waals surface area (Å²) in [6.07, 6.45) is -0.310. The van der Waals surface area contributed by atoms with Gasteiger partial charge in [0, 0.05) is 20.5 Å². The van der Waals surface area contributed by atoms with Gasteiger partial charge in [0.05, 0.1) is 0 Å². The molecule has 18 heavy (non-hydrogen) atoms. The molecular formula is C10H11N3O5. The van der Waals surface area contributed by atoms with Gasteiger partial charge in [-0.1, -0.05) is 0 Å². The molecular weight excluding hydrogens is 242 g/mol. The third-order valence-corrected chi connectivity index (χ3v) is 2.94. The largest absolute Gasteiger partial charge is 0.480 e. The third kappa shape index (κ3) is 1.53. The molecule has 1 aromatic heterocycles. The van der Waals surface area contributed by atoms with Gasteiger partial charge in [0.1, 0.15) is 17.4 Å². The van der Waals surface area contributed by atoms with Gasteiger partial charge in [-0.2, -0.15) is 0 Å². The number of carboxylic acid groups (broad SMARTS) is 1. The Morgan fingerprint density at radius 1 is 1.28 bits per heavy atom. The number of Topliss-reactive ketones (excluding diaryl/α,β-unsaturated/α-hetero) is 1. The van der Waals surface area contributed by atoms with Crippen LogP contribution in [0.3, 0.4) is 0 Å². The van der Waals surface area contributed by atoms with E-state index in [1.165, 1.54) is 14.1 Å². The smallest absolute Gasteiger partial charge is 0.332 e. The van der Waals surface area contributed by atoms with Crippen molar-refractivity contribution in [1.82, 2.24) is 9.13 Å². The van der Waals surface area contributed by atoms with Crippen molar-refractivity contribution in [3.05, 3.63) is 26.4 Å². The first-order valence-electron chi connectivity index (χ1n) is 5.17. The minimum absolute atomic E-state index is 0.0354. The van der Waals surface area contributed by atoms with E-state index in [0.29, 0.717) is 0 Å². The average Bonchev–Trinajstić information content (AvgIpc) is 2.32. The first kappa shape index (κ1) is 12.1. The van der Waals surface area contributed by atoms with Gasteiger partial charge in [0.15, 0.2) is 5.78 Å². The SMILES string of the molecule is Cn1c2c(c(=O)n(C)c1=O)C(=O)C[C@@H](C(=O)O)N2. The number of carboxylic acids is 1. The highest BCUT2D eigenvalue weighted by atomic mass is 16.4. The Bertz CT molecular complexity index is 669. The van der Waals surface area contributed by atoms with Crippen LogP contribution in [0.2, 0.25) is 0 Å². The molecule has 0 fully saturated rings. The number of hydrogen-bond donors (Lipinski definition) is 2. The van der Waals surface area contributed by atoms with Crippen LogP contribution in [0, 0.1) is 0 Å². The van der Waals surface area contributed by atoms with Crippen LogP contribution in [0.15, 0.2) is 9.59 Å². The maximum atomic E-state index is 11.8. The second kappa shape index (κ2) is 3.83. The predicted molar refractivity (Wildman–Crippen MR) is 60.9 cm³/mol. The molecule has 1 aliphatic heterocycles. The van der Waals surface area contributed by atoms with Crippen LogP contribution in [0.5, 0.6) is 0 Å². The highest BCUT2D eigenvalue weighted by Gasteiger charge is 2.33. The number of anilines is 1. The fourth-order valence-electron chi connectivity index (χ4n) is 1.92. The Hall–Kier alpha value is -2.38. The number of aromatic nitrogens is 2. The van der Waals surface area contributed by atoms with Gasteiger partial charge >= 0.3 is 11.7 Å². The van der Waals surface area contributed by atoms with Crippen LogP contribution in [0.25, 0.3) is 0 Å². The lowest BCUT2D eigenvalue weighted by atomic mass is 10.0. The van der Waals surface area contributed by atoms with E-state index in [1.54, 1.807) is 0 Å². The van der Waals surface area contributed by atoms with E-state index in [-0.39, 0.29) is 17.8 Å². The molecule has 1 aromatic rings. The highest BCUT2D eigenvalue weighted by Crippen LogP contribution is 2.20. The molecule has 96 valence electrons. The number of aliphatic carboxylic acids is 1. The number of carbonyl (C=O) groups is 2. The summed E-state index contributed by atoms with van der Waals surface area (Å²) in [5.41, 5.74) is -1.50. The molecule has 1 atom stereocenters. The average molecular weight is 253 g/mol. The fourth-order valence-corrected chi connectivity index (χ4v) is 1.92. The summed E-state index contributed by atoms with van der Waals surface area (Å²) in [5.74, 6) is -1.82. The van der Waals surface area contributed by atoms with Gasteiger partial charge in [-0.15, -0.1) is 0 Å². The van der Waals surface area contributed by atoms with Crippen molar-refractivity contribution in [2.75, 3.05) is 5.32 Å². The number of ketones is 1. The van der Waals surface area contributed by atoms with E-state index in [4.69, 9.17) is 5.11 Å². The maximum Gasteiger partial charge on any atom is 0.332 e. The Morgan fingerprint density at radius 3 is 2.44 bits per heavy atom. The first-order valence-corrected chi connectivity index (χ1v) is 5.17. The van der Waals surface area contributed by atoms with Gasteiger partial charge in [-0.25, -0.2) is 9.59 Å². The molecule has 8 nitrogen and oxygen atoms in total. The summed E-state index contributed by atoms with van der Waals surface area (Å²) in [4.78, 5) is 46.2. The Labute approximate surface area is 100 Å². The zero-order chi connectivity index (χ0) is 13.6. The highest BCUT2D eigenvalue weighted by molar-refractivity contribution is 6.05. The van der Waals surface area contributed by atoms with E-state index in [2.05, 4.69) is 5.32 Å². The van der Waals surface area contributed by atoms with Gasteiger partial charge in [0.2, 0.25) is 0 Å². The van der Waals surface area contributed by atoms with Gasteiger partial charge in [-0.3, -0.25) is 18.7 Å². The number of fused-ring (bicyclic) bond motifs is 1. The monoisotopic (exact) mass is 253 g/mol. The molecule has 0 radical (unpaired) electrons. The lowest BCUT2D eigenvalue weighted by Gasteiger charge is -2.24. The summed E-state index contributed by atoms with van der Waals surface area (Å²) >= 11 is 0. The topological polar surface area (TPSA) is 110 Å². The molecule has 2 heterocycles. The van der Waals surface area contributed by atoms with Crippen molar-refractivity contribution in [1.29, 1.82) is 0 Å². The number of nitrogens with zero attached hydrogens (tertiary/aromatic N) is 2. The lowest BCUT2D eigenvalue weighted by Crippen LogP contribution is -2.47. The van der Waals surface area contributed by atoms with Crippen molar-refractivity contribution < 1.29 is 14.7 Å². The third-order valence-electron chi connectivity index (χ3n) is 2.94. The molecule has 0 bridgehead atoms. The molecule has 0 spiro atoms. The Morgan fingerprint density at radius 2 is 1.89 bits per heavy atom. The quantitative estimate of drug-likeness (QED) is 0.632. The van der Waals surface area contributed by atoms with E-state index >= 15 is 0 Å². The van der Waals surface area contributed by atoms with Gasteiger partial charge < -0.3 is 10.4 Å². The van der Waals surface area contributed by atoms with Crippen molar-refractivity contribution >= 4 is 17.6 Å². The first-order chi connectivity index (χ1) is 8.34. The summed E-state index contributed by atoms with van der Waals surface area (Å²) < 4.78 is 1.88. The Kier molecular flexibility index (Phi) is 2.57. The molecule has 0 amide bonds. The lowest BCUT2D eigenvalue weighted by molar-refractivity contribution is -0.137. The number of rotatable bonds is 1. The number of carbonyl (C=O) groups excluding carboxylic acids is 1. The van der Waals surface area contributed by atoms with Gasteiger partial charge in [0.25, 0.3) is 5.56 Å².